The molecule has 1 aliphatic heterocycles. The molecule has 0 unspecified atom stereocenters. The maximum absolute atomic E-state index is 13.8. The largest absolute Gasteiger partial charge is 0.379 e. The number of hydrogen-bond acceptors (Lipinski definition) is 7. The molecule has 1 N–H and O–H groups in total. The van der Waals surface area contributed by atoms with Gasteiger partial charge in [0.2, 0.25) is 10.0 Å². The van der Waals surface area contributed by atoms with Crippen molar-refractivity contribution in [2.24, 2.45) is 5.10 Å². The summed E-state index contributed by atoms with van der Waals surface area (Å²) in [5.41, 5.74) is 2.15. The van der Waals surface area contributed by atoms with Gasteiger partial charge in [-0.3, -0.25) is 15.5 Å². The zero-order valence-corrected chi connectivity index (χ0v) is 16.5. The van der Waals surface area contributed by atoms with Crippen molar-refractivity contribution in [3.8, 4) is 0 Å². The van der Waals surface area contributed by atoms with Gasteiger partial charge >= 0.3 is 0 Å². The molecule has 1 fully saturated rings. The number of anilines is 1. The van der Waals surface area contributed by atoms with Crippen LogP contribution in [0.1, 0.15) is 5.56 Å². The zero-order valence-electron chi connectivity index (χ0n) is 14.9. The lowest BCUT2D eigenvalue weighted by Gasteiger charge is -2.26. The maximum Gasteiger partial charge on any atom is 0.270 e. The summed E-state index contributed by atoms with van der Waals surface area (Å²) >= 11 is 5.92. The molecule has 1 aliphatic rings. The van der Waals surface area contributed by atoms with Gasteiger partial charge in [0.25, 0.3) is 5.69 Å². The van der Waals surface area contributed by atoms with Crippen LogP contribution in [0.2, 0.25) is 5.02 Å². The van der Waals surface area contributed by atoms with Gasteiger partial charge < -0.3 is 4.74 Å². The molecule has 12 heteroatoms. The van der Waals surface area contributed by atoms with E-state index < -0.39 is 20.8 Å². The number of nitrogens with one attached hydrogen (secondary N) is 1. The molecule has 2 aromatic rings. The SMILES string of the molecule is O=[N+]([O-])c1ccc(N/N=C\c2c(F)cccc2Cl)c(S(=O)(=O)N2CCOCC2)c1. The van der Waals surface area contributed by atoms with Gasteiger partial charge in [-0.2, -0.15) is 9.41 Å². The number of sulfonamides is 1. The second-order valence-electron chi connectivity index (χ2n) is 5.96. The molecule has 0 bridgehead atoms. The monoisotopic (exact) mass is 442 g/mol. The number of ether oxygens (including phenoxy) is 1. The lowest BCUT2D eigenvalue weighted by molar-refractivity contribution is -0.385. The van der Waals surface area contributed by atoms with Crippen LogP contribution >= 0.6 is 11.6 Å². The van der Waals surface area contributed by atoms with E-state index >= 15 is 0 Å². The van der Waals surface area contributed by atoms with Crippen molar-refractivity contribution in [3.63, 3.8) is 0 Å². The summed E-state index contributed by atoms with van der Waals surface area (Å²) < 4.78 is 46.2. The molecule has 154 valence electrons. The number of non-ortho nitro benzene ring substituents is 1. The summed E-state index contributed by atoms with van der Waals surface area (Å²) in [6.45, 7) is 0.693. The topological polar surface area (TPSA) is 114 Å². The van der Waals surface area contributed by atoms with Crippen molar-refractivity contribution in [3.05, 3.63) is 62.9 Å². The summed E-state index contributed by atoms with van der Waals surface area (Å²) in [5.74, 6) is -0.604. The normalized spacial score (nSPS) is 15.5. The zero-order chi connectivity index (χ0) is 21.0. The fourth-order valence-electron chi connectivity index (χ4n) is 2.66. The molecule has 29 heavy (non-hydrogen) atoms. The van der Waals surface area contributed by atoms with Crippen LogP contribution in [0.4, 0.5) is 15.8 Å². The maximum atomic E-state index is 13.8. The highest BCUT2D eigenvalue weighted by Crippen LogP contribution is 2.29. The molecule has 0 radical (unpaired) electrons. The molecular formula is C17H16ClFN4O5S. The Kier molecular flexibility index (Phi) is 6.42. The van der Waals surface area contributed by atoms with Gasteiger partial charge in [0.1, 0.15) is 10.7 Å². The van der Waals surface area contributed by atoms with E-state index in [0.29, 0.717) is 0 Å². The van der Waals surface area contributed by atoms with Gasteiger partial charge in [0.05, 0.1) is 35.1 Å². The van der Waals surface area contributed by atoms with Crippen LogP contribution in [0, 0.1) is 15.9 Å². The van der Waals surface area contributed by atoms with E-state index in [2.05, 4.69) is 10.5 Å². The fraction of sp³-hybridized carbons (Fsp3) is 0.235. The highest BCUT2D eigenvalue weighted by Gasteiger charge is 2.30. The van der Waals surface area contributed by atoms with Crippen LogP contribution in [0.25, 0.3) is 0 Å². The standard InChI is InChI=1S/C17H16ClFN4O5S/c18-14-2-1-3-15(19)13(14)11-20-21-16-5-4-12(23(24)25)10-17(16)29(26,27)22-6-8-28-9-7-22/h1-5,10-11,21H,6-9H2/b20-11-. The summed E-state index contributed by atoms with van der Waals surface area (Å²) in [5, 5.41) is 15.1. The van der Waals surface area contributed by atoms with E-state index in [9.17, 15) is 22.9 Å². The number of benzene rings is 2. The minimum atomic E-state index is -4.05. The predicted octanol–water partition coefficient (Wildman–Crippen LogP) is 2.85. The smallest absolute Gasteiger partial charge is 0.270 e. The second kappa shape index (κ2) is 8.82. The molecule has 0 aliphatic carbocycles. The van der Waals surface area contributed by atoms with E-state index in [1.54, 1.807) is 0 Å². The van der Waals surface area contributed by atoms with Crippen LogP contribution in [-0.2, 0) is 14.8 Å². The first-order chi connectivity index (χ1) is 13.8. The number of rotatable bonds is 6. The average Bonchev–Trinajstić information content (AvgIpc) is 2.70. The third-order valence-electron chi connectivity index (χ3n) is 4.14. The number of hydrogen-bond donors (Lipinski definition) is 1. The van der Waals surface area contributed by atoms with Crippen molar-refractivity contribution < 1.29 is 22.5 Å². The molecule has 2 aromatic carbocycles. The third kappa shape index (κ3) is 4.70. The molecule has 0 aromatic heterocycles. The third-order valence-corrected chi connectivity index (χ3v) is 6.41. The lowest BCUT2D eigenvalue weighted by Crippen LogP contribution is -2.40. The summed E-state index contributed by atoms with van der Waals surface area (Å²) in [6.07, 6.45) is 1.10. The Hall–Kier alpha value is -2.60. The van der Waals surface area contributed by atoms with Crippen LogP contribution < -0.4 is 5.43 Å². The highest BCUT2D eigenvalue weighted by molar-refractivity contribution is 7.89. The quantitative estimate of drug-likeness (QED) is 0.418. The van der Waals surface area contributed by atoms with Crippen molar-refractivity contribution in [2.45, 2.75) is 4.90 Å². The van der Waals surface area contributed by atoms with Gasteiger partial charge in [-0.25, -0.2) is 12.8 Å². The Morgan fingerprint density at radius 1 is 1.28 bits per heavy atom. The number of nitro benzene ring substituents is 1. The first kappa shape index (κ1) is 21.1. The van der Waals surface area contributed by atoms with Crippen LogP contribution in [0.15, 0.2) is 46.4 Å². The number of morpholine rings is 1. The Bertz CT molecular complexity index is 1040. The van der Waals surface area contributed by atoms with E-state index in [-0.39, 0.29) is 53.2 Å². The Morgan fingerprint density at radius 2 is 2.00 bits per heavy atom. The van der Waals surface area contributed by atoms with E-state index in [0.717, 1.165) is 18.3 Å². The van der Waals surface area contributed by atoms with Crippen molar-refractivity contribution >= 4 is 39.2 Å². The molecular weight excluding hydrogens is 427 g/mol. The average molecular weight is 443 g/mol. The molecule has 1 saturated heterocycles. The Balaban J connectivity index is 1.96. The summed E-state index contributed by atoms with van der Waals surface area (Å²) in [6, 6.07) is 7.45. The molecule has 0 spiro atoms. The summed E-state index contributed by atoms with van der Waals surface area (Å²) in [4.78, 5) is 10.1. The van der Waals surface area contributed by atoms with Crippen LogP contribution in [0.3, 0.4) is 0 Å². The van der Waals surface area contributed by atoms with Gasteiger partial charge in [-0.05, 0) is 18.2 Å². The lowest BCUT2D eigenvalue weighted by atomic mass is 10.2. The Labute approximate surface area is 170 Å². The molecule has 0 amide bonds. The first-order valence-corrected chi connectivity index (χ1v) is 10.2. The number of halogens is 2. The van der Waals surface area contributed by atoms with Gasteiger partial charge in [0.15, 0.2) is 0 Å². The van der Waals surface area contributed by atoms with Crippen molar-refractivity contribution in [1.29, 1.82) is 0 Å². The van der Waals surface area contributed by atoms with Gasteiger partial charge in [-0.1, -0.05) is 17.7 Å². The molecule has 9 nitrogen and oxygen atoms in total. The second-order valence-corrected chi connectivity index (χ2v) is 8.27. The van der Waals surface area contributed by atoms with Gasteiger partial charge in [-0.15, -0.1) is 0 Å². The predicted molar refractivity (Wildman–Crippen MR) is 105 cm³/mol. The number of nitro groups is 1. The van der Waals surface area contributed by atoms with E-state index in [1.165, 1.54) is 28.6 Å². The summed E-state index contributed by atoms with van der Waals surface area (Å²) in [7, 11) is -4.05. The van der Waals surface area contributed by atoms with Crippen LogP contribution in [-0.4, -0.2) is 50.2 Å². The highest BCUT2D eigenvalue weighted by atomic mass is 35.5. The number of hydrazone groups is 1. The fourth-order valence-corrected chi connectivity index (χ4v) is 4.44. The molecule has 1 heterocycles. The Morgan fingerprint density at radius 3 is 2.66 bits per heavy atom. The minimum absolute atomic E-state index is 0.00537. The van der Waals surface area contributed by atoms with E-state index in [4.69, 9.17) is 16.3 Å². The van der Waals surface area contributed by atoms with Crippen LogP contribution in [0.5, 0.6) is 0 Å². The van der Waals surface area contributed by atoms with Crippen molar-refractivity contribution in [2.75, 3.05) is 31.7 Å². The van der Waals surface area contributed by atoms with Crippen molar-refractivity contribution in [1.82, 2.24) is 4.31 Å². The van der Waals surface area contributed by atoms with Gasteiger partial charge in [0, 0.05) is 30.8 Å². The first-order valence-electron chi connectivity index (χ1n) is 8.40. The molecule has 3 rings (SSSR count). The molecule has 0 atom stereocenters. The minimum Gasteiger partial charge on any atom is -0.379 e. The number of nitrogens with zero attached hydrogens (tertiary/aromatic N) is 3. The van der Waals surface area contributed by atoms with E-state index in [1.807, 2.05) is 0 Å². The molecule has 0 saturated carbocycles.